The number of carbonyl (C=O) groups excluding carboxylic acids is 2. The number of rotatable bonds is 9. The Bertz CT molecular complexity index is 1430. The minimum absolute atomic E-state index is 0.0609. The van der Waals surface area contributed by atoms with Crippen molar-refractivity contribution in [2.24, 2.45) is 24.8 Å². The van der Waals surface area contributed by atoms with E-state index in [1.54, 1.807) is 31.2 Å². The number of hydrogen-bond donors (Lipinski definition) is 3. The van der Waals surface area contributed by atoms with Crippen LogP contribution in [-0.4, -0.2) is 55.9 Å². The molecule has 3 aliphatic carbocycles. The third-order valence-corrected chi connectivity index (χ3v) is 9.09. The lowest BCUT2D eigenvalue weighted by Gasteiger charge is -2.25. The Morgan fingerprint density at radius 3 is 2.77 bits per heavy atom. The van der Waals surface area contributed by atoms with Crippen molar-refractivity contribution in [3.8, 4) is 5.88 Å². The third kappa shape index (κ3) is 4.97. The molecule has 3 N–H and O–H groups in total. The van der Waals surface area contributed by atoms with Crippen LogP contribution in [0.15, 0.2) is 12.4 Å². The lowest BCUT2D eigenvalue weighted by atomic mass is 9.91. The van der Waals surface area contributed by atoms with E-state index in [0.717, 1.165) is 23.3 Å². The molecule has 208 valence electrons. The summed E-state index contributed by atoms with van der Waals surface area (Å²) >= 11 is 1.41. The second kappa shape index (κ2) is 9.57. The quantitative estimate of drug-likeness (QED) is 0.365. The summed E-state index contributed by atoms with van der Waals surface area (Å²) in [5.74, 6) is -2.19. The topological polar surface area (TPSA) is 128 Å². The number of ether oxygens (including phenoxy) is 1. The zero-order valence-corrected chi connectivity index (χ0v) is 22.6. The van der Waals surface area contributed by atoms with Gasteiger partial charge in [0, 0.05) is 48.8 Å². The Kier molecular flexibility index (Phi) is 6.31. The summed E-state index contributed by atoms with van der Waals surface area (Å²) in [7, 11) is 3.32. The highest BCUT2D eigenvalue weighted by atomic mass is 32.1. The molecule has 0 spiro atoms. The summed E-state index contributed by atoms with van der Waals surface area (Å²) in [4.78, 5) is 27.2. The maximum absolute atomic E-state index is 13.5. The van der Waals surface area contributed by atoms with Crippen molar-refractivity contribution in [3.63, 3.8) is 0 Å². The van der Waals surface area contributed by atoms with Gasteiger partial charge < -0.3 is 20.7 Å². The fourth-order valence-electron chi connectivity index (χ4n) is 5.19. The van der Waals surface area contributed by atoms with Crippen LogP contribution in [-0.2, 0) is 24.7 Å². The summed E-state index contributed by atoms with van der Waals surface area (Å²) in [5, 5.41) is 22.0. The first-order valence-corrected chi connectivity index (χ1v) is 13.8. The minimum Gasteiger partial charge on any atom is -0.480 e. The van der Waals surface area contributed by atoms with Crippen molar-refractivity contribution in [1.82, 2.24) is 29.9 Å². The lowest BCUT2D eigenvalue weighted by Crippen LogP contribution is -2.29. The van der Waals surface area contributed by atoms with E-state index in [1.807, 2.05) is 11.5 Å². The van der Waals surface area contributed by atoms with Crippen molar-refractivity contribution in [1.29, 1.82) is 0 Å². The first-order valence-electron chi connectivity index (χ1n) is 13.0. The first kappa shape index (κ1) is 25.7. The van der Waals surface area contributed by atoms with Crippen LogP contribution >= 0.6 is 11.3 Å². The molecule has 0 aliphatic heterocycles. The Hall–Kier alpha value is -3.55. The van der Waals surface area contributed by atoms with E-state index in [0.29, 0.717) is 47.0 Å². The van der Waals surface area contributed by atoms with Crippen LogP contribution in [0.3, 0.4) is 0 Å². The molecule has 3 heterocycles. The summed E-state index contributed by atoms with van der Waals surface area (Å²) in [6.45, 7) is 1.92. The fraction of sp³-hybridized carbons (Fsp3) is 0.560. The number of nitrogens with zero attached hydrogens (tertiary/aromatic N) is 5. The maximum atomic E-state index is 13.5. The molecule has 0 bridgehead atoms. The highest BCUT2D eigenvalue weighted by molar-refractivity contribution is 7.17. The fourth-order valence-corrected chi connectivity index (χ4v) is 6.43. The normalized spacial score (nSPS) is 24.5. The average molecular weight is 561 g/mol. The highest BCUT2D eigenvalue weighted by Crippen LogP contribution is 2.48. The van der Waals surface area contributed by atoms with Crippen LogP contribution in [0.4, 0.5) is 25.5 Å². The molecule has 2 fully saturated rings. The second-order valence-electron chi connectivity index (χ2n) is 10.7. The van der Waals surface area contributed by atoms with Gasteiger partial charge in [0.2, 0.25) is 17.7 Å². The number of fused-ring (bicyclic) bond motifs is 1. The molecule has 11 nitrogen and oxygen atoms in total. The number of aromatic nitrogens is 5. The molecule has 0 aromatic carbocycles. The van der Waals surface area contributed by atoms with E-state index in [-0.39, 0.29) is 30.8 Å². The Morgan fingerprint density at radius 1 is 1.33 bits per heavy atom. The largest absolute Gasteiger partial charge is 0.480 e. The van der Waals surface area contributed by atoms with Gasteiger partial charge in [-0.2, -0.15) is 0 Å². The lowest BCUT2D eigenvalue weighted by molar-refractivity contribution is -0.117. The molecule has 4 atom stereocenters. The Morgan fingerprint density at radius 2 is 2.10 bits per heavy atom. The summed E-state index contributed by atoms with van der Waals surface area (Å²) in [6.07, 6.45) is 4.22. The van der Waals surface area contributed by atoms with Gasteiger partial charge in [0.15, 0.2) is 0 Å². The van der Waals surface area contributed by atoms with Gasteiger partial charge in [-0.25, -0.2) is 13.5 Å². The van der Waals surface area contributed by atoms with E-state index in [2.05, 4.69) is 31.2 Å². The van der Waals surface area contributed by atoms with Gasteiger partial charge in [0.1, 0.15) is 17.1 Å². The Labute approximate surface area is 227 Å². The number of amides is 2. The van der Waals surface area contributed by atoms with Crippen molar-refractivity contribution in [3.05, 3.63) is 28.4 Å². The molecule has 0 saturated heterocycles. The summed E-state index contributed by atoms with van der Waals surface area (Å²) in [6, 6.07) is 1.68. The number of aryl methyl sites for hydroxylation is 2. The average Bonchev–Trinajstić information content (AvgIpc) is 3.52. The van der Waals surface area contributed by atoms with Crippen molar-refractivity contribution < 1.29 is 23.1 Å². The van der Waals surface area contributed by atoms with E-state index in [4.69, 9.17) is 4.74 Å². The van der Waals surface area contributed by atoms with Gasteiger partial charge in [-0.05, 0) is 37.2 Å². The van der Waals surface area contributed by atoms with E-state index < -0.39 is 17.7 Å². The number of hydrogen-bond acceptors (Lipinski definition) is 8. The molecule has 3 aromatic rings. The van der Waals surface area contributed by atoms with E-state index in [9.17, 15) is 18.4 Å². The first-order chi connectivity index (χ1) is 18.6. The zero-order valence-electron chi connectivity index (χ0n) is 21.8. The van der Waals surface area contributed by atoms with E-state index >= 15 is 0 Å². The molecular weight excluding hydrogens is 530 g/mol. The van der Waals surface area contributed by atoms with Crippen LogP contribution in [0.2, 0.25) is 0 Å². The van der Waals surface area contributed by atoms with Crippen molar-refractivity contribution in [2.45, 2.75) is 51.0 Å². The van der Waals surface area contributed by atoms with Crippen LogP contribution in [0, 0.1) is 17.8 Å². The number of anilines is 3. The number of alkyl halides is 2. The number of nitrogens with one attached hydrogen (secondary N) is 3. The maximum Gasteiger partial charge on any atom is 0.254 e. The van der Waals surface area contributed by atoms with Gasteiger partial charge in [-0.15, -0.1) is 26.6 Å². The van der Waals surface area contributed by atoms with Crippen LogP contribution in [0.5, 0.6) is 5.88 Å². The van der Waals surface area contributed by atoms with Gasteiger partial charge in [-0.1, -0.05) is 6.92 Å². The molecule has 1 unspecified atom stereocenters. The summed E-state index contributed by atoms with van der Waals surface area (Å²) in [5.41, 5.74) is 1.21. The SMILES string of the molecule is COc1cc(Nc2nncn2C2CCc3sc(NC(=O)[C@H]4C[C@@H]4C)c(C(=O)NC[C@H]4CC4(F)F)c3C2)n(C)n1. The molecule has 14 heteroatoms. The number of methoxy groups -OCH3 is 1. The monoisotopic (exact) mass is 560 g/mol. The van der Waals surface area contributed by atoms with Crippen LogP contribution in [0.25, 0.3) is 0 Å². The van der Waals surface area contributed by atoms with Gasteiger partial charge in [-0.3, -0.25) is 14.2 Å². The van der Waals surface area contributed by atoms with Crippen molar-refractivity contribution in [2.75, 3.05) is 24.3 Å². The third-order valence-electron chi connectivity index (χ3n) is 7.88. The summed E-state index contributed by atoms with van der Waals surface area (Å²) < 4.78 is 35.7. The van der Waals surface area contributed by atoms with Crippen LogP contribution in [0.1, 0.15) is 53.0 Å². The molecule has 6 rings (SSSR count). The molecular formula is C25H30F2N8O3S. The van der Waals surface area contributed by atoms with Crippen LogP contribution < -0.4 is 20.7 Å². The molecule has 2 amide bonds. The van der Waals surface area contributed by atoms with Crippen molar-refractivity contribution >= 4 is 39.9 Å². The zero-order chi connectivity index (χ0) is 27.5. The second-order valence-corrected chi connectivity index (χ2v) is 11.8. The minimum atomic E-state index is -2.72. The number of halogens is 2. The molecule has 2 saturated carbocycles. The predicted molar refractivity (Wildman–Crippen MR) is 140 cm³/mol. The molecule has 3 aliphatic rings. The number of carbonyl (C=O) groups is 2. The standard InChI is InChI=1S/C25H30F2N8O3S/c1-12-6-15(12)21(36)31-23-20(22(37)28-10-13-9-25(13,26)27)16-7-14(4-5-17(16)39-23)35-11-29-32-24(35)30-18-8-19(38-3)33-34(18)2/h8,11-15H,4-7,9-10H2,1-3H3,(H,28,37)(H,30,32)(H,31,36)/t12-,13+,14?,15-/m0/s1. The molecule has 0 radical (unpaired) electrons. The van der Waals surface area contributed by atoms with E-state index in [1.165, 1.54) is 11.3 Å². The number of thiophene rings is 1. The smallest absolute Gasteiger partial charge is 0.254 e. The highest BCUT2D eigenvalue weighted by Gasteiger charge is 2.56. The van der Waals surface area contributed by atoms with Gasteiger partial charge >= 0.3 is 0 Å². The molecule has 39 heavy (non-hydrogen) atoms. The van der Waals surface area contributed by atoms with Gasteiger partial charge in [0.25, 0.3) is 11.8 Å². The predicted octanol–water partition coefficient (Wildman–Crippen LogP) is 3.53. The molecule has 3 aromatic heterocycles. The Balaban J connectivity index is 1.25. The van der Waals surface area contributed by atoms with Gasteiger partial charge in [0.05, 0.1) is 12.7 Å².